The molecule has 0 saturated carbocycles. The third-order valence-corrected chi connectivity index (χ3v) is 16.2. The number of benzene rings is 3. The van der Waals surface area contributed by atoms with Gasteiger partial charge in [0.2, 0.25) is 6.41 Å². The van der Waals surface area contributed by atoms with Gasteiger partial charge in [0, 0.05) is 84.4 Å². The number of rotatable bonds is 30. The monoisotopic (exact) mass is 1010 g/mol. The van der Waals surface area contributed by atoms with Gasteiger partial charge >= 0.3 is 0 Å². The molecule has 17 heteroatoms. The van der Waals surface area contributed by atoms with Crippen LogP contribution in [-0.2, 0) is 51.5 Å². The van der Waals surface area contributed by atoms with E-state index in [4.69, 9.17) is 22.2 Å². The highest BCUT2D eigenvalue weighted by Crippen LogP contribution is 2.34. The molecular formula is C51H74ClN7O6S3. The van der Waals surface area contributed by atoms with Crippen LogP contribution in [0.25, 0.3) is 11.1 Å². The van der Waals surface area contributed by atoms with E-state index in [1.165, 1.54) is 33.4 Å². The molecule has 5 unspecified atom stereocenters. The predicted molar refractivity (Wildman–Crippen MR) is 287 cm³/mol. The number of aryl methyl sites for hydroxylation is 3. The molecule has 374 valence electrons. The Balaban J connectivity index is 1.47. The van der Waals surface area contributed by atoms with Gasteiger partial charge in [-0.2, -0.15) is 26.1 Å². The second-order valence-corrected chi connectivity index (χ2v) is 22.6. The molecule has 0 spiro atoms. The lowest BCUT2D eigenvalue weighted by molar-refractivity contribution is -0.109. The normalized spacial score (nSPS) is 17.9. The summed E-state index contributed by atoms with van der Waals surface area (Å²) in [6, 6.07) is 17.0. The molecule has 6 atom stereocenters. The first-order valence-corrected chi connectivity index (χ1v) is 27.6. The lowest BCUT2D eigenvalue weighted by atomic mass is 9.89. The number of aliphatic imine (C=N–C) groups is 2. The Morgan fingerprint density at radius 2 is 1.76 bits per heavy atom. The second-order valence-electron chi connectivity index (χ2n) is 18.1. The molecule has 1 aliphatic heterocycles. The van der Waals surface area contributed by atoms with Crippen LogP contribution >= 0.6 is 24.2 Å². The van der Waals surface area contributed by atoms with Crippen molar-refractivity contribution in [2.24, 2.45) is 32.8 Å². The first-order chi connectivity index (χ1) is 32.4. The maximum Gasteiger partial charge on any atom is 0.278 e. The number of amides is 1. The number of thiol groups is 1. The van der Waals surface area contributed by atoms with Crippen LogP contribution in [0, 0.1) is 25.7 Å². The minimum atomic E-state index is -4.30. The Kier molecular flexibility index (Phi) is 23.7. The molecule has 0 fully saturated rings. The van der Waals surface area contributed by atoms with Crippen molar-refractivity contribution in [2.45, 2.75) is 114 Å². The van der Waals surface area contributed by atoms with Gasteiger partial charge in [0.15, 0.2) is 0 Å². The van der Waals surface area contributed by atoms with Crippen molar-refractivity contribution in [1.29, 1.82) is 0 Å². The third-order valence-electron chi connectivity index (χ3n) is 12.9. The molecule has 5 N–H and O–H groups in total. The van der Waals surface area contributed by atoms with Gasteiger partial charge in [-0.3, -0.25) is 28.4 Å². The summed E-state index contributed by atoms with van der Waals surface area (Å²) in [5.74, 6) is 7.19. The largest absolute Gasteiger partial charge is 0.493 e. The van der Waals surface area contributed by atoms with Crippen LogP contribution < -0.4 is 21.2 Å². The average Bonchev–Trinajstić information content (AvgIpc) is 3.29. The Morgan fingerprint density at radius 1 is 1.09 bits per heavy atom. The van der Waals surface area contributed by atoms with Gasteiger partial charge in [-0.15, -0.1) is 0 Å². The Morgan fingerprint density at radius 3 is 2.40 bits per heavy atom. The summed E-state index contributed by atoms with van der Waals surface area (Å²) in [5.41, 5.74) is 10.4. The second kappa shape index (κ2) is 28.6. The molecule has 3 aromatic rings. The Labute approximate surface area is 418 Å². The van der Waals surface area contributed by atoms with E-state index >= 15 is 0 Å². The SMILES string of the molecule is C=C(CN(C)Cc1cc(Cl)c(CCc2cccc(-c3cccc(CC/C(C=NCCCC(CCC)CCNC=O)=N/N)c3C)c2C)cc1OCC1CC(S(C)=O)C=N[C@@H]1C)NCC(S)S(=O)(=O)O. The maximum absolute atomic E-state index is 12.4. The minimum absolute atomic E-state index is 0.0197. The van der Waals surface area contributed by atoms with E-state index in [0.29, 0.717) is 74.4 Å². The van der Waals surface area contributed by atoms with Crippen molar-refractivity contribution < 1.29 is 26.7 Å². The van der Waals surface area contributed by atoms with Crippen molar-refractivity contribution in [1.82, 2.24) is 15.5 Å². The summed E-state index contributed by atoms with van der Waals surface area (Å²) in [6.45, 7) is 15.2. The molecule has 0 saturated heterocycles. The van der Waals surface area contributed by atoms with Crippen LogP contribution in [-0.4, -0.2) is 109 Å². The molecule has 0 aliphatic carbocycles. The van der Waals surface area contributed by atoms with Crippen molar-refractivity contribution in [3.63, 3.8) is 0 Å². The number of likely N-dealkylation sites (N-methyl/N-ethyl adjacent to an activating group) is 1. The molecule has 1 aliphatic rings. The molecule has 13 nitrogen and oxygen atoms in total. The van der Waals surface area contributed by atoms with E-state index < -0.39 is 25.5 Å². The van der Waals surface area contributed by atoms with Gasteiger partial charge in [0.05, 0.1) is 23.6 Å². The number of carbonyl (C=O) groups is 1. The molecule has 1 amide bonds. The zero-order valence-electron chi connectivity index (χ0n) is 40.8. The highest BCUT2D eigenvalue weighted by molar-refractivity contribution is 8.01. The lowest BCUT2D eigenvalue weighted by Crippen LogP contribution is -2.34. The molecular weight excluding hydrogens is 938 g/mol. The number of nitrogens with one attached hydrogen (secondary N) is 2. The molecule has 1 heterocycles. The fraction of sp³-hybridized carbons (Fsp3) is 0.529. The zero-order valence-corrected chi connectivity index (χ0v) is 44.0. The lowest BCUT2D eigenvalue weighted by Gasteiger charge is -2.29. The van der Waals surface area contributed by atoms with Crippen LogP contribution in [0.1, 0.15) is 92.2 Å². The number of ether oxygens (including phenoxy) is 1. The topological polar surface area (TPSA) is 188 Å². The summed E-state index contributed by atoms with van der Waals surface area (Å²) in [4.78, 5) is 22.0. The van der Waals surface area contributed by atoms with Crippen molar-refractivity contribution in [3.8, 4) is 16.9 Å². The fourth-order valence-corrected chi connectivity index (χ4v) is 10.1. The van der Waals surface area contributed by atoms with Gasteiger partial charge in [-0.25, -0.2) is 0 Å². The molecule has 0 radical (unpaired) electrons. The Bertz CT molecular complexity index is 2360. The summed E-state index contributed by atoms with van der Waals surface area (Å²) in [5, 5.41) is 10.3. The molecule has 0 aromatic heterocycles. The number of hydrogen-bond donors (Lipinski definition) is 5. The summed E-state index contributed by atoms with van der Waals surface area (Å²) >= 11 is 11.0. The van der Waals surface area contributed by atoms with Crippen molar-refractivity contribution in [2.75, 3.05) is 46.1 Å². The summed E-state index contributed by atoms with van der Waals surface area (Å²) in [7, 11) is -3.42. The molecule has 0 bridgehead atoms. The number of nitrogens with zero attached hydrogens (tertiary/aromatic N) is 4. The van der Waals surface area contributed by atoms with E-state index in [1.807, 2.05) is 36.5 Å². The van der Waals surface area contributed by atoms with Crippen LogP contribution in [0.15, 0.2) is 75.9 Å². The van der Waals surface area contributed by atoms with E-state index in [0.717, 1.165) is 68.2 Å². The number of hydrogen-bond acceptors (Lipinski definition) is 12. The average molecular weight is 1010 g/mol. The number of nitrogens with two attached hydrogens (primary N) is 1. The summed E-state index contributed by atoms with van der Waals surface area (Å²) < 4.78 is 49.9. The minimum Gasteiger partial charge on any atom is -0.493 e. The molecule has 4 rings (SSSR count). The first kappa shape index (κ1) is 56.5. The van der Waals surface area contributed by atoms with Gasteiger partial charge in [-0.05, 0) is 136 Å². The van der Waals surface area contributed by atoms with E-state index in [2.05, 4.69) is 109 Å². The van der Waals surface area contributed by atoms with Gasteiger partial charge in [-0.1, -0.05) is 74.3 Å². The number of hydrazone groups is 1. The van der Waals surface area contributed by atoms with Crippen LogP contribution in [0.2, 0.25) is 5.02 Å². The molecule has 68 heavy (non-hydrogen) atoms. The number of carbonyl (C=O) groups excluding carboxylic acids is 1. The summed E-state index contributed by atoms with van der Waals surface area (Å²) in [6.07, 6.45) is 15.0. The highest BCUT2D eigenvalue weighted by atomic mass is 35.5. The van der Waals surface area contributed by atoms with Gasteiger partial charge < -0.3 is 21.2 Å². The van der Waals surface area contributed by atoms with Crippen LogP contribution in [0.4, 0.5) is 0 Å². The Hall–Kier alpha value is -4.06. The van der Waals surface area contributed by atoms with E-state index in [9.17, 15) is 22.0 Å². The van der Waals surface area contributed by atoms with Crippen molar-refractivity contribution in [3.05, 3.63) is 99.2 Å². The fourth-order valence-electron chi connectivity index (χ4n) is 8.70. The van der Waals surface area contributed by atoms with E-state index in [1.54, 1.807) is 6.26 Å². The first-order valence-electron chi connectivity index (χ1n) is 23.6. The van der Waals surface area contributed by atoms with E-state index in [-0.39, 0.29) is 23.8 Å². The van der Waals surface area contributed by atoms with Gasteiger partial charge in [0.25, 0.3) is 10.1 Å². The smallest absolute Gasteiger partial charge is 0.278 e. The van der Waals surface area contributed by atoms with Crippen LogP contribution in [0.3, 0.4) is 0 Å². The predicted octanol–water partition coefficient (Wildman–Crippen LogP) is 8.34. The van der Waals surface area contributed by atoms with Gasteiger partial charge in [0.1, 0.15) is 10.3 Å². The maximum atomic E-state index is 12.4. The zero-order chi connectivity index (χ0) is 49.8. The highest BCUT2D eigenvalue weighted by Gasteiger charge is 2.28. The standard InChI is InChI=1S/C51H74ClN7O6S3/c1-8-12-39(22-24-55-34-60)13-11-23-54-28-45(58-53)21-20-41-15-10-17-48(37(41)4)47-16-9-14-40(36(47)3)18-19-42-27-50(65-33-44-25-46(67(7)61)29-57-38(44)5)43(26-49(42)52)32-59(6)31-35(2)56-30-51(66)68(62,63)64/h9-10,14-17,26-29,34,38-39,44,46,51,56,66H,2,8,11-13,18-25,30-33,53H2,1,3-7H3,(H,55,60)(H,62,63,64)/b54-28?,58-45-/t38-,39?,44?,46?,51?,67?/m1/s1. The third kappa shape index (κ3) is 18.0. The van der Waals surface area contributed by atoms with Crippen molar-refractivity contribution >= 4 is 69.7 Å². The van der Waals surface area contributed by atoms with Crippen LogP contribution in [0.5, 0.6) is 5.75 Å². The quantitative estimate of drug-likeness (QED) is 0.00832. The molecule has 3 aromatic carbocycles. The number of halogens is 1.